The molecule has 0 saturated heterocycles. The van der Waals surface area contributed by atoms with E-state index in [4.69, 9.17) is 9.47 Å². The standard InChI is InChI=1S/C12H21N5O2/c1-4-17(9-5-6-9)8-7-13-10-14-11(18-2)16-12(15-10)19-3/h9H,4-8H2,1-3H3,(H,13,14,15,16). The summed E-state index contributed by atoms with van der Waals surface area (Å²) >= 11 is 0. The summed E-state index contributed by atoms with van der Waals surface area (Å²) in [5.74, 6) is 0.482. The highest BCUT2D eigenvalue weighted by molar-refractivity contribution is 5.27. The number of rotatable bonds is 8. The predicted octanol–water partition coefficient (Wildman–Crippen LogP) is 0.785. The van der Waals surface area contributed by atoms with E-state index in [1.54, 1.807) is 0 Å². The van der Waals surface area contributed by atoms with Crippen LogP contribution in [0.3, 0.4) is 0 Å². The summed E-state index contributed by atoms with van der Waals surface area (Å²) in [5.41, 5.74) is 0. The van der Waals surface area contributed by atoms with Crippen molar-refractivity contribution in [2.45, 2.75) is 25.8 Å². The Labute approximate surface area is 113 Å². The van der Waals surface area contributed by atoms with Crippen LogP contribution < -0.4 is 14.8 Å². The van der Waals surface area contributed by atoms with Crippen LogP contribution in [0, 0.1) is 0 Å². The smallest absolute Gasteiger partial charge is 0.324 e. The van der Waals surface area contributed by atoms with Gasteiger partial charge in [-0.25, -0.2) is 0 Å². The van der Waals surface area contributed by atoms with Gasteiger partial charge in [0.15, 0.2) is 0 Å². The lowest BCUT2D eigenvalue weighted by atomic mass is 10.4. The SMILES string of the molecule is CCN(CCNc1nc(OC)nc(OC)n1)C1CC1. The average Bonchev–Trinajstić information content (AvgIpc) is 3.27. The number of methoxy groups -OCH3 is 2. The Balaban J connectivity index is 1.87. The number of nitrogens with one attached hydrogen (secondary N) is 1. The summed E-state index contributed by atoms with van der Waals surface area (Å²) < 4.78 is 10.0. The number of likely N-dealkylation sites (N-methyl/N-ethyl adjacent to an activating group) is 1. The van der Waals surface area contributed by atoms with Gasteiger partial charge in [0.1, 0.15) is 0 Å². The molecule has 1 fully saturated rings. The highest BCUT2D eigenvalue weighted by Gasteiger charge is 2.27. The van der Waals surface area contributed by atoms with Crippen LogP contribution in [-0.4, -0.2) is 59.7 Å². The van der Waals surface area contributed by atoms with Crippen molar-refractivity contribution in [3.8, 4) is 12.0 Å². The van der Waals surface area contributed by atoms with Crippen molar-refractivity contribution in [2.24, 2.45) is 0 Å². The molecule has 0 aliphatic heterocycles. The zero-order valence-corrected chi connectivity index (χ0v) is 11.7. The quantitative estimate of drug-likeness (QED) is 0.746. The van der Waals surface area contributed by atoms with Crippen molar-refractivity contribution < 1.29 is 9.47 Å². The van der Waals surface area contributed by atoms with Crippen LogP contribution in [0.2, 0.25) is 0 Å². The molecule has 106 valence electrons. The molecular formula is C12H21N5O2. The second kappa shape index (κ2) is 6.51. The summed E-state index contributed by atoms with van der Waals surface area (Å²) in [6, 6.07) is 1.28. The second-order valence-electron chi connectivity index (χ2n) is 4.42. The minimum Gasteiger partial charge on any atom is -0.467 e. The fourth-order valence-electron chi connectivity index (χ4n) is 1.95. The molecule has 1 aromatic heterocycles. The Hall–Kier alpha value is -1.63. The number of hydrogen-bond acceptors (Lipinski definition) is 7. The highest BCUT2D eigenvalue weighted by atomic mass is 16.5. The first kappa shape index (κ1) is 13.8. The van der Waals surface area contributed by atoms with Gasteiger partial charge in [-0.15, -0.1) is 4.98 Å². The summed E-state index contributed by atoms with van der Waals surface area (Å²) in [6.07, 6.45) is 2.64. The largest absolute Gasteiger partial charge is 0.467 e. The van der Waals surface area contributed by atoms with E-state index >= 15 is 0 Å². The van der Waals surface area contributed by atoms with Gasteiger partial charge in [0.25, 0.3) is 0 Å². The van der Waals surface area contributed by atoms with E-state index in [9.17, 15) is 0 Å². The maximum atomic E-state index is 5.00. The van der Waals surface area contributed by atoms with E-state index in [2.05, 4.69) is 32.1 Å². The van der Waals surface area contributed by atoms with E-state index in [1.165, 1.54) is 27.1 Å². The van der Waals surface area contributed by atoms with Gasteiger partial charge in [0.2, 0.25) is 5.95 Å². The van der Waals surface area contributed by atoms with Crippen molar-refractivity contribution in [2.75, 3.05) is 39.2 Å². The zero-order valence-electron chi connectivity index (χ0n) is 11.7. The van der Waals surface area contributed by atoms with E-state index in [0.717, 1.165) is 25.7 Å². The Morgan fingerprint density at radius 1 is 1.16 bits per heavy atom. The monoisotopic (exact) mass is 267 g/mol. The van der Waals surface area contributed by atoms with Crippen molar-refractivity contribution >= 4 is 5.95 Å². The maximum absolute atomic E-state index is 5.00. The van der Waals surface area contributed by atoms with Crippen molar-refractivity contribution in [1.82, 2.24) is 19.9 Å². The van der Waals surface area contributed by atoms with Gasteiger partial charge in [0.05, 0.1) is 14.2 Å². The molecule has 2 rings (SSSR count). The van der Waals surface area contributed by atoms with Crippen LogP contribution in [0.4, 0.5) is 5.95 Å². The molecule has 0 aromatic carbocycles. The number of ether oxygens (including phenoxy) is 2. The lowest BCUT2D eigenvalue weighted by molar-refractivity contribution is 0.288. The molecular weight excluding hydrogens is 246 g/mol. The molecule has 0 bridgehead atoms. The predicted molar refractivity (Wildman–Crippen MR) is 71.7 cm³/mol. The summed E-state index contributed by atoms with van der Waals surface area (Å²) in [5, 5.41) is 3.18. The lowest BCUT2D eigenvalue weighted by Crippen LogP contribution is -2.31. The first-order chi connectivity index (χ1) is 9.26. The van der Waals surface area contributed by atoms with E-state index in [1.807, 2.05) is 0 Å². The van der Waals surface area contributed by atoms with Crippen LogP contribution in [0.5, 0.6) is 12.0 Å². The van der Waals surface area contributed by atoms with Crippen molar-refractivity contribution in [3.05, 3.63) is 0 Å². The van der Waals surface area contributed by atoms with Crippen LogP contribution in [0.1, 0.15) is 19.8 Å². The molecule has 7 heteroatoms. The molecule has 1 aromatic rings. The van der Waals surface area contributed by atoms with Gasteiger partial charge in [-0.1, -0.05) is 6.92 Å². The summed E-state index contributed by atoms with van der Waals surface area (Å²) in [7, 11) is 3.04. The number of hydrogen-bond donors (Lipinski definition) is 1. The molecule has 1 aliphatic carbocycles. The fourth-order valence-corrected chi connectivity index (χ4v) is 1.95. The third kappa shape index (κ3) is 3.92. The molecule has 1 N–H and O–H groups in total. The zero-order chi connectivity index (χ0) is 13.7. The third-order valence-corrected chi connectivity index (χ3v) is 3.11. The Morgan fingerprint density at radius 2 is 1.79 bits per heavy atom. The van der Waals surface area contributed by atoms with Gasteiger partial charge in [-0.2, -0.15) is 9.97 Å². The van der Waals surface area contributed by atoms with Crippen molar-refractivity contribution in [3.63, 3.8) is 0 Å². The van der Waals surface area contributed by atoms with Gasteiger partial charge in [-0.05, 0) is 19.4 Å². The fraction of sp³-hybridized carbons (Fsp3) is 0.750. The third-order valence-electron chi connectivity index (χ3n) is 3.11. The van der Waals surface area contributed by atoms with Crippen LogP contribution in [0.15, 0.2) is 0 Å². The average molecular weight is 267 g/mol. The maximum Gasteiger partial charge on any atom is 0.324 e. The summed E-state index contributed by atoms with van der Waals surface area (Å²) in [4.78, 5) is 14.7. The Morgan fingerprint density at radius 3 is 2.26 bits per heavy atom. The first-order valence-corrected chi connectivity index (χ1v) is 6.58. The van der Waals surface area contributed by atoms with E-state index in [-0.39, 0.29) is 12.0 Å². The Kier molecular flexibility index (Phi) is 4.73. The molecule has 1 saturated carbocycles. The molecule has 1 heterocycles. The molecule has 19 heavy (non-hydrogen) atoms. The topological polar surface area (TPSA) is 72.4 Å². The van der Waals surface area contributed by atoms with Gasteiger partial charge >= 0.3 is 12.0 Å². The second-order valence-corrected chi connectivity index (χ2v) is 4.42. The Bertz CT molecular complexity index is 389. The minimum atomic E-state index is 0.254. The van der Waals surface area contributed by atoms with Gasteiger partial charge < -0.3 is 14.8 Å². The van der Waals surface area contributed by atoms with E-state index < -0.39 is 0 Å². The molecule has 0 radical (unpaired) electrons. The number of nitrogens with zero attached hydrogens (tertiary/aromatic N) is 4. The van der Waals surface area contributed by atoms with Crippen LogP contribution >= 0.6 is 0 Å². The molecule has 1 aliphatic rings. The minimum absolute atomic E-state index is 0.254. The highest BCUT2D eigenvalue weighted by Crippen LogP contribution is 2.25. The first-order valence-electron chi connectivity index (χ1n) is 6.58. The molecule has 0 amide bonds. The lowest BCUT2D eigenvalue weighted by Gasteiger charge is -2.19. The molecule has 0 spiro atoms. The van der Waals surface area contributed by atoms with Crippen molar-refractivity contribution in [1.29, 1.82) is 0 Å². The molecule has 0 unspecified atom stereocenters. The van der Waals surface area contributed by atoms with Crippen LogP contribution in [-0.2, 0) is 0 Å². The molecule has 0 atom stereocenters. The summed E-state index contributed by atoms with van der Waals surface area (Å²) in [6.45, 7) is 5.04. The number of anilines is 1. The van der Waals surface area contributed by atoms with Crippen LogP contribution in [0.25, 0.3) is 0 Å². The van der Waals surface area contributed by atoms with Gasteiger partial charge in [-0.3, -0.25) is 4.90 Å². The van der Waals surface area contributed by atoms with Gasteiger partial charge in [0, 0.05) is 19.1 Å². The normalized spacial score (nSPS) is 14.5. The molecule has 7 nitrogen and oxygen atoms in total. The van der Waals surface area contributed by atoms with E-state index in [0.29, 0.717) is 5.95 Å². The number of aromatic nitrogens is 3.